The van der Waals surface area contributed by atoms with E-state index in [0.717, 1.165) is 0 Å². The second kappa shape index (κ2) is 6.29. The lowest BCUT2D eigenvalue weighted by Gasteiger charge is -2.32. The molecular formula is C8H12Br2O6. The normalized spacial score (nSPS) is 14.8. The highest BCUT2D eigenvalue weighted by Crippen LogP contribution is 2.36. The van der Waals surface area contributed by atoms with E-state index >= 15 is 0 Å². The van der Waals surface area contributed by atoms with Crippen LogP contribution in [-0.2, 0) is 14.2 Å². The minimum Gasteiger partial charge on any atom is -0.450 e. The van der Waals surface area contributed by atoms with Crippen LogP contribution < -0.4 is 0 Å². The predicted molar refractivity (Wildman–Crippen MR) is 61.8 cm³/mol. The largest absolute Gasteiger partial charge is 0.509 e. The number of hydrogen-bond donors (Lipinski definition) is 1. The summed E-state index contributed by atoms with van der Waals surface area (Å²) in [6, 6.07) is 0. The Morgan fingerprint density at radius 2 is 1.62 bits per heavy atom. The molecule has 0 aromatic carbocycles. The standard InChI is InChI=1S/C8H12Br2O6/c1-8(2,4(9)15-6(11)12)5(10)16-7(13)14-3/h4-5H,1-3H3,(H,11,12). The molecule has 8 heteroatoms. The van der Waals surface area contributed by atoms with Crippen LogP contribution in [0.5, 0.6) is 0 Å². The molecule has 16 heavy (non-hydrogen) atoms. The van der Waals surface area contributed by atoms with Gasteiger partial charge in [-0.1, -0.05) is 13.8 Å². The molecule has 0 aromatic heterocycles. The van der Waals surface area contributed by atoms with Crippen molar-refractivity contribution in [3.63, 3.8) is 0 Å². The SMILES string of the molecule is COC(=O)OC(Br)C(C)(C)C(Br)OC(=O)O. The molecule has 0 amide bonds. The average Bonchev–Trinajstić information content (AvgIpc) is 2.16. The van der Waals surface area contributed by atoms with Gasteiger partial charge in [0.05, 0.1) is 12.5 Å². The molecule has 6 nitrogen and oxygen atoms in total. The van der Waals surface area contributed by atoms with Gasteiger partial charge in [0.1, 0.15) is 0 Å². The molecule has 0 spiro atoms. The molecule has 0 saturated heterocycles. The van der Waals surface area contributed by atoms with Crippen molar-refractivity contribution in [2.45, 2.75) is 23.9 Å². The van der Waals surface area contributed by atoms with Crippen molar-refractivity contribution in [2.24, 2.45) is 5.41 Å². The zero-order chi connectivity index (χ0) is 12.9. The maximum absolute atomic E-state index is 10.9. The van der Waals surface area contributed by atoms with Crippen molar-refractivity contribution < 1.29 is 28.9 Å². The van der Waals surface area contributed by atoms with Gasteiger partial charge >= 0.3 is 12.3 Å². The van der Waals surface area contributed by atoms with E-state index in [1.54, 1.807) is 13.8 Å². The molecule has 0 aromatic rings. The highest BCUT2D eigenvalue weighted by Gasteiger charge is 2.40. The zero-order valence-electron chi connectivity index (χ0n) is 8.90. The van der Waals surface area contributed by atoms with Crippen LogP contribution in [-0.4, -0.2) is 34.6 Å². The summed E-state index contributed by atoms with van der Waals surface area (Å²) >= 11 is 6.15. The predicted octanol–water partition coefficient (Wildman–Crippen LogP) is 2.93. The molecule has 0 fully saturated rings. The first-order valence-electron chi connectivity index (χ1n) is 4.14. The van der Waals surface area contributed by atoms with Crippen LogP contribution in [0, 0.1) is 5.41 Å². The molecule has 0 heterocycles. The molecule has 0 aliphatic rings. The first kappa shape index (κ1) is 15.5. The average molecular weight is 364 g/mol. The van der Waals surface area contributed by atoms with Crippen LogP contribution >= 0.6 is 31.9 Å². The van der Waals surface area contributed by atoms with Crippen LogP contribution in [0.25, 0.3) is 0 Å². The summed E-state index contributed by atoms with van der Waals surface area (Å²) in [4.78, 5) is 21.2. The second-order valence-corrected chi connectivity index (χ2v) is 5.07. The molecular weight excluding hydrogens is 352 g/mol. The van der Waals surface area contributed by atoms with E-state index in [9.17, 15) is 9.59 Å². The summed E-state index contributed by atoms with van der Waals surface area (Å²) in [6.07, 6.45) is -2.29. The molecule has 0 aliphatic heterocycles. The maximum Gasteiger partial charge on any atom is 0.509 e. The summed E-state index contributed by atoms with van der Waals surface area (Å²) in [6.45, 7) is 3.30. The Bertz CT molecular complexity index is 267. The van der Waals surface area contributed by atoms with Crippen molar-refractivity contribution in [1.29, 1.82) is 0 Å². The third-order valence-corrected chi connectivity index (χ3v) is 4.47. The number of carbonyl (C=O) groups is 2. The van der Waals surface area contributed by atoms with Crippen molar-refractivity contribution in [3.05, 3.63) is 0 Å². The summed E-state index contributed by atoms with van der Waals surface area (Å²) in [5, 5.41) is 6.85. The lowest BCUT2D eigenvalue weighted by molar-refractivity contribution is -0.0136. The third-order valence-electron chi connectivity index (χ3n) is 1.74. The zero-order valence-corrected chi connectivity index (χ0v) is 12.1. The number of halogens is 2. The van der Waals surface area contributed by atoms with Gasteiger partial charge in [-0.05, 0) is 31.9 Å². The van der Waals surface area contributed by atoms with Crippen LogP contribution in [0.4, 0.5) is 9.59 Å². The van der Waals surface area contributed by atoms with Crippen LogP contribution in [0.2, 0.25) is 0 Å². The first-order chi connectivity index (χ1) is 7.21. The first-order valence-corrected chi connectivity index (χ1v) is 5.97. The monoisotopic (exact) mass is 362 g/mol. The van der Waals surface area contributed by atoms with Crippen molar-refractivity contribution in [2.75, 3.05) is 7.11 Å². The summed E-state index contributed by atoms with van der Waals surface area (Å²) in [5.41, 5.74) is -0.813. The Morgan fingerprint density at radius 1 is 1.19 bits per heavy atom. The van der Waals surface area contributed by atoms with Crippen molar-refractivity contribution >= 4 is 44.2 Å². The fraction of sp³-hybridized carbons (Fsp3) is 0.750. The number of rotatable bonds is 4. The highest BCUT2D eigenvalue weighted by molar-refractivity contribution is 9.10. The number of carboxylic acid groups (broad SMARTS) is 1. The lowest BCUT2D eigenvalue weighted by atomic mass is 9.96. The maximum atomic E-state index is 10.9. The Balaban J connectivity index is 4.50. The molecule has 0 radical (unpaired) electrons. The van der Waals surface area contributed by atoms with E-state index < -0.39 is 27.8 Å². The Morgan fingerprint density at radius 3 is 2.00 bits per heavy atom. The van der Waals surface area contributed by atoms with E-state index in [0.29, 0.717) is 0 Å². The smallest absolute Gasteiger partial charge is 0.450 e. The second-order valence-electron chi connectivity index (χ2n) is 3.41. The number of alkyl halides is 2. The number of methoxy groups -OCH3 is 1. The quantitative estimate of drug-likeness (QED) is 0.610. The lowest BCUT2D eigenvalue weighted by Crippen LogP contribution is -2.38. The molecule has 2 atom stereocenters. The van der Waals surface area contributed by atoms with Gasteiger partial charge in [-0.3, -0.25) is 0 Å². The molecule has 0 aliphatic carbocycles. The summed E-state index contributed by atoms with van der Waals surface area (Å²) in [5.74, 6) is 0. The van der Waals surface area contributed by atoms with Gasteiger partial charge in [0.25, 0.3) is 0 Å². The van der Waals surface area contributed by atoms with E-state index in [1.807, 2.05) is 0 Å². The van der Waals surface area contributed by atoms with E-state index in [1.165, 1.54) is 7.11 Å². The highest BCUT2D eigenvalue weighted by atomic mass is 79.9. The fourth-order valence-electron chi connectivity index (χ4n) is 0.628. The minimum absolute atomic E-state index is 0.767. The van der Waals surface area contributed by atoms with E-state index in [-0.39, 0.29) is 0 Å². The van der Waals surface area contributed by atoms with Gasteiger partial charge in [0, 0.05) is 0 Å². The van der Waals surface area contributed by atoms with Crippen molar-refractivity contribution in [1.82, 2.24) is 0 Å². The van der Waals surface area contributed by atoms with Crippen LogP contribution in [0.1, 0.15) is 13.8 Å². The number of ether oxygens (including phenoxy) is 3. The molecule has 1 N–H and O–H groups in total. The topological polar surface area (TPSA) is 82.1 Å². The Labute approximate surface area is 109 Å². The van der Waals surface area contributed by atoms with Gasteiger partial charge in [0.15, 0.2) is 10.0 Å². The summed E-state index contributed by atoms with van der Waals surface area (Å²) < 4.78 is 13.7. The summed E-state index contributed by atoms with van der Waals surface area (Å²) in [7, 11) is 1.18. The van der Waals surface area contributed by atoms with Gasteiger partial charge < -0.3 is 19.3 Å². The number of hydrogen-bond acceptors (Lipinski definition) is 5. The Kier molecular flexibility index (Phi) is 6.09. The molecule has 0 bridgehead atoms. The molecule has 0 rings (SSSR count). The molecule has 2 unspecified atom stereocenters. The van der Waals surface area contributed by atoms with Crippen LogP contribution in [0.3, 0.4) is 0 Å². The van der Waals surface area contributed by atoms with Crippen LogP contribution in [0.15, 0.2) is 0 Å². The van der Waals surface area contributed by atoms with Gasteiger partial charge in [0.2, 0.25) is 0 Å². The van der Waals surface area contributed by atoms with Gasteiger partial charge in [-0.15, -0.1) is 0 Å². The van der Waals surface area contributed by atoms with E-state index in [2.05, 4.69) is 41.3 Å². The van der Waals surface area contributed by atoms with E-state index in [4.69, 9.17) is 9.84 Å². The fourth-order valence-corrected chi connectivity index (χ4v) is 1.78. The number of carbonyl (C=O) groups excluding carboxylic acids is 1. The van der Waals surface area contributed by atoms with Crippen molar-refractivity contribution in [3.8, 4) is 0 Å². The molecule has 94 valence electrons. The third kappa shape index (κ3) is 4.56. The van der Waals surface area contributed by atoms with Gasteiger partial charge in [-0.2, -0.15) is 0 Å². The Hall–Kier alpha value is -0.500. The van der Waals surface area contributed by atoms with Gasteiger partial charge in [-0.25, -0.2) is 9.59 Å². The minimum atomic E-state index is -1.42. The molecule has 0 saturated carbocycles.